The SMILES string of the molecule is C=C(C)C(=C/C)/N=C(C)/C(/C=C\C)=C/N=C\C. The van der Waals surface area contributed by atoms with Crippen LogP contribution >= 0.6 is 0 Å². The maximum absolute atomic E-state index is 4.55. The summed E-state index contributed by atoms with van der Waals surface area (Å²) < 4.78 is 0. The molecule has 2 nitrogen and oxygen atoms in total. The second-order valence-corrected chi connectivity index (χ2v) is 3.64. The average molecular weight is 230 g/mol. The predicted molar refractivity (Wildman–Crippen MR) is 78.7 cm³/mol. The van der Waals surface area contributed by atoms with E-state index in [1.807, 2.05) is 59.0 Å². The first-order valence-corrected chi connectivity index (χ1v) is 5.75. The third-order valence-electron chi connectivity index (χ3n) is 2.13. The van der Waals surface area contributed by atoms with Crippen LogP contribution in [-0.2, 0) is 0 Å². The largest absolute Gasteiger partial charge is 0.269 e. The molecule has 92 valence electrons. The molecular formula is C15H22N2. The lowest BCUT2D eigenvalue weighted by Gasteiger charge is -2.04. The van der Waals surface area contributed by atoms with Gasteiger partial charge >= 0.3 is 0 Å². The Bertz CT molecular complexity index is 405. The van der Waals surface area contributed by atoms with Gasteiger partial charge in [0.1, 0.15) is 0 Å². The highest BCUT2D eigenvalue weighted by atomic mass is 14.8. The van der Waals surface area contributed by atoms with Crippen LogP contribution in [-0.4, -0.2) is 11.9 Å². The molecule has 17 heavy (non-hydrogen) atoms. The summed E-state index contributed by atoms with van der Waals surface area (Å²) >= 11 is 0. The zero-order valence-electron chi connectivity index (χ0n) is 11.5. The van der Waals surface area contributed by atoms with Crippen molar-refractivity contribution in [2.75, 3.05) is 0 Å². The van der Waals surface area contributed by atoms with Crippen LogP contribution < -0.4 is 0 Å². The Kier molecular flexibility index (Phi) is 7.61. The van der Waals surface area contributed by atoms with Crippen LogP contribution in [0.3, 0.4) is 0 Å². The number of hydrogen-bond acceptors (Lipinski definition) is 2. The number of allylic oxidation sites excluding steroid dienone is 5. The normalized spacial score (nSPS) is 15.0. The zero-order valence-corrected chi connectivity index (χ0v) is 11.5. The molecular weight excluding hydrogens is 208 g/mol. The molecule has 0 fully saturated rings. The predicted octanol–water partition coefficient (Wildman–Crippen LogP) is 4.48. The van der Waals surface area contributed by atoms with Crippen molar-refractivity contribution < 1.29 is 0 Å². The molecule has 0 aromatic carbocycles. The minimum absolute atomic E-state index is 0.915. The molecule has 2 heteroatoms. The van der Waals surface area contributed by atoms with E-state index in [2.05, 4.69) is 16.6 Å². The van der Waals surface area contributed by atoms with Gasteiger partial charge in [-0.05, 0) is 40.2 Å². The van der Waals surface area contributed by atoms with Gasteiger partial charge in [0, 0.05) is 23.7 Å². The highest BCUT2D eigenvalue weighted by Crippen LogP contribution is 2.11. The van der Waals surface area contributed by atoms with Crippen LogP contribution in [0.2, 0.25) is 0 Å². The van der Waals surface area contributed by atoms with E-state index >= 15 is 0 Å². The van der Waals surface area contributed by atoms with Crippen LogP contribution in [0.15, 0.2) is 57.8 Å². The van der Waals surface area contributed by atoms with E-state index < -0.39 is 0 Å². The Hall–Kier alpha value is -1.70. The number of rotatable bonds is 5. The van der Waals surface area contributed by atoms with Gasteiger partial charge in [-0.2, -0.15) is 0 Å². The molecule has 0 aromatic rings. The minimum Gasteiger partial charge on any atom is -0.269 e. The minimum atomic E-state index is 0.915. The fraction of sp³-hybridized carbons (Fsp3) is 0.333. The van der Waals surface area contributed by atoms with Gasteiger partial charge in [-0.15, -0.1) is 0 Å². The van der Waals surface area contributed by atoms with Gasteiger partial charge in [-0.3, -0.25) is 9.98 Å². The third kappa shape index (κ3) is 5.81. The van der Waals surface area contributed by atoms with E-state index in [-0.39, 0.29) is 0 Å². The van der Waals surface area contributed by atoms with Gasteiger partial charge in [0.15, 0.2) is 0 Å². The molecule has 0 rings (SSSR count). The van der Waals surface area contributed by atoms with Crippen molar-refractivity contribution in [2.45, 2.75) is 34.6 Å². The Morgan fingerprint density at radius 1 is 1.12 bits per heavy atom. The van der Waals surface area contributed by atoms with Gasteiger partial charge < -0.3 is 0 Å². The Labute approximate surface area is 105 Å². The molecule has 0 heterocycles. The molecule has 0 aromatic heterocycles. The van der Waals surface area contributed by atoms with Crippen LogP contribution in [0.25, 0.3) is 0 Å². The molecule has 0 radical (unpaired) electrons. The van der Waals surface area contributed by atoms with Crippen molar-refractivity contribution in [1.29, 1.82) is 0 Å². The van der Waals surface area contributed by atoms with E-state index in [4.69, 9.17) is 0 Å². The highest BCUT2D eigenvalue weighted by molar-refractivity contribution is 6.01. The van der Waals surface area contributed by atoms with E-state index in [1.165, 1.54) is 0 Å². The molecule has 0 atom stereocenters. The van der Waals surface area contributed by atoms with Gasteiger partial charge in [0.05, 0.1) is 5.70 Å². The summed E-state index contributed by atoms with van der Waals surface area (Å²) in [6.45, 7) is 13.7. The van der Waals surface area contributed by atoms with Crippen LogP contribution in [0, 0.1) is 0 Å². The first-order valence-electron chi connectivity index (χ1n) is 5.75. The molecule has 0 saturated heterocycles. The van der Waals surface area contributed by atoms with Crippen molar-refractivity contribution in [3.8, 4) is 0 Å². The van der Waals surface area contributed by atoms with Gasteiger partial charge in [0.25, 0.3) is 0 Å². The molecule has 0 spiro atoms. The molecule has 0 aliphatic heterocycles. The molecule has 0 N–H and O–H groups in total. The topological polar surface area (TPSA) is 24.7 Å². The lowest BCUT2D eigenvalue weighted by Crippen LogP contribution is -1.96. The van der Waals surface area contributed by atoms with E-state index in [1.54, 1.807) is 6.21 Å². The summed E-state index contributed by atoms with van der Waals surface area (Å²) in [5, 5.41) is 0. The lowest BCUT2D eigenvalue weighted by molar-refractivity contribution is 1.27. The van der Waals surface area contributed by atoms with Crippen molar-refractivity contribution in [1.82, 2.24) is 0 Å². The second kappa shape index (κ2) is 8.45. The fourth-order valence-electron chi connectivity index (χ4n) is 1.24. The molecule has 0 unspecified atom stereocenters. The molecule has 0 bridgehead atoms. The summed E-state index contributed by atoms with van der Waals surface area (Å²) in [7, 11) is 0. The number of nitrogens with zero attached hydrogens (tertiary/aromatic N) is 2. The van der Waals surface area contributed by atoms with Crippen molar-refractivity contribution in [3.05, 3.63) is 47.9 Å². The Balaban J connectivity index is 5.28. The first-order chi connectivity index (χ1) is 8.06. The monoisotopic (exact) mass is 230 g/mol. The van der Waals surface area contributed by atoms with Crippen LogP contribution in [0.4, 0.5) is 0 Å². The summed E-state index contributed by atoms with van der Waals surface area (Å²) in [6, 6.07) is 0. The lowest BCUT2D eigenvalue weighted by atomic mass is 10.1. The Morgan fingerprint density at radius 2 is 1.76 bits per heavy atom. The van der Waals surface area contributed by atoms with Gasteiger partial charge in [0.2, 0.25) is 0 Å². The van der Waals surface area contributed by atoms with Crippen LogP contribution in [0.1, 0.15) is 34.6 Å². The molecule has 0 aliphatic rings. The zero-order chi connectivity index (χ0) is 13.3. The standard InChI is InChI=1S/C15H22N2/c1-7-10-14(11-16-9-3)13(6)17-15(8-2)12(4)5/h7-11H,4H2,1-3,5-6H3/b10-7-,14-11+,15-8-,16-9-,17-13+. The van der Waals surface area contributed by atoms with E-state index in [9.17, 15) is 0 Å². The van der Waals surface area contributed by atoms with Crippen molar-refractivity contribution >= 4 is 11.9 Å². The molecule has 0 aliphatic carbocycles. The Morgan fingerprint density at radius 3 is 2.18 bits per heavy atom. The smallest absolute Gasteiger partial charge is 0.0613 e. The summed E-state index contributed by atoms with van der Waals surface area (Å²) in [6.07, 6.45) is 9.50. The number of hydrogen-bond donors (Lipinski definition) is 0. The third-order valence-corrected chi connectivity index (χ3v) is 2.13. The average Bonchev–Trinajstić information content (AvgIpc) is 2.30. The van der Waals surface area contributed by atoms with Gasteiger partial charge in [-0.25, -0.2) is 0 Å². The maximum atomic E-state index is 4.55. The summed E-state index contributed by atoms with van der Waals surface area (Å²) in [4.78, 5) is 8.68. The molecule has 0 amide bonds. The second-order valence-electron chi connectivity index (χ2n) is 3.64. The van der Waals surface area contributed by atoms with Crippen LogP contribution in [0.5, 0.6) is 0 Å². The van der Waals surface area contributed by atoms with Gasteiger partial charge in [-0.1, -0.05) is 24.8 Å². The highest BCUT2D eigenvalue weighted by Gasteiger charge is 2.00. The summed E-state index contributed by atoms with van der Waals surface area (Å²) in [5.74, 6) is 0. The molecule has 0 saturated carbocycles. The van der Waals surface area contributed by atoms with Crippen molar-refractivity contribution in [3.63, 3.8) is 0 Å². The first kappa shape index (κ1) is 15.3. The summed E-state index contributed by atoms with van der Waals surface area (Å²) in [5.41, 5.74) is 3.82. The van der Waals surface area contributed by atoms with E-state index in [0.29, 0.717) is 0 Å². The van der Waals surface area contributed by atoms with Crippen molar-refractivity contribution in [2.24, 2.45) is 9.98 Å². The quantitative estimate of drug-likeness (QED) is 0.491. The van der Waals surface area contributed by atoms with E-state index in [0.717, 1.165) is 22.6 Å². The maximum Gasteiger partial charge on any atom is 0.0613 e. The number of aliphatic imine (C=N–C) groups is 2. The fourth-order valence-corrected chi connectivity index (χ4v) is 1.24.